The van der Waals surface area contributed by atoms with Crippen molar-refractivity contribution >= 4 is 23.2 Å². The topological polar surface area (TPSA) is 52.4 Å². The predicted octanol–water partition coefficient (Wildman–Crippen LogP) is 2.70. The maximum atomic E-state index is 9.87. The van der Waals surface area contributed by atoms with Gasteiger partial charge >= 0.3 is 0 Å². The van der Waals surface area contributed by atoms with Crippen molar-refractivity contribution in [3.63, 3.8) is 0 Å². The number of hydrogen-bond donors (Lipinski definition) is 0. The lowest BCUT2D eigenvalue weighted by Gasteiger charge is -2.02. The van der Waals surface area contributed by atoms with Crippen LogP contribution in [0.15, 0.2) is 18.2 Å². The quantitative estimate of drug-likeness (QED) is 0.583. The highest BCUT2D eigenvalue weighted by atomic mass is 35.5. The summed E-state index contributed by atoms with van der Waals surface area (Å²) in [6.45, 7) is -0.164. The molecule has 1 rings (SSSR count). The van der Waals surface area contributed by atoms with E-state index in [2.05, 4.69) is 4.84 Å². The van der Waals surface area contributed by atoms with E-state index >= 15 is 0 Å². The average Bonchev–Trinajstić information content (AvgIpc) is 2.02. The third kappa shape index (κ3) is 3.08. The van der Waals surface area contributed by atoms with Gasteiger partial charge in [0.15, 0.2) is 0 Å². The van der Waals surface area contributed by atoms with Crippen LogP contribution in [0, 0.1) is 10.1 Å². The smallest absolute Gasteiger partial charge is 0.294 e. The molecule has 13 heavy (non-hydrogen) atoms. The Morgan fingerprint density at radius 3 is 2.69 bits per heavy atom. The summed E-state index contributed by atoms with van der Waals surface area (Å²) >= 11 is 11.3. The van der Waals surface area contributed by atoms with Crippen LogP contribution in [0.3, 0.4) is 0 Å². The van der Waals surface area contributed by atoms with Crippen LogP contribution in [0.5, 0.6) is 0 Å². The van der Waals surface area contributed by atoms with Crippen LogP contribution < -0.4 is 0 Å². The summed E-state index contributed by atoms with van der Waals surface area (Å²) in [5.41, 5.74) is 0.530. The van der Waals surface area contributed by atoms with E-state index in [9.17, 15) is 10.1 Å². The van der Waals surface area contributed by atoms with E-state index in [1.54, 1.807) is 12.1 Å². The molecule has 0 bridgehead atoms. The van der Waals surface area contributed by atoms with Gasteiger partial charge in [0.05, 0.1) is 0 Å². The van der Waals surface area contributed by atoms with Crippen molar-refractivity contribution in [1.82, 2.24) is 0 Å². The Morgan fingerprint density at radius 2 is 2.15 bits per heavy atom. The molecular weight excluding hydrogens is 217 g/mol. The third-order valence-corrected chi connectivity index (χ3v) is 1.93. The van der Waals surface area contributed by atoms with Crippen molar-refractivity contribution < 1.29 is 9.92 Å². The van der Waals surface area contributed by atoms with Gasteiger partial charge in [-0.2, -0.15) is 0 Å². The van der Waals surface area contributed by atoms with Crippen LogP contribution in [-0.4, -0.2) is 5.09 Å². The van der Waals surface area contributed by atoms with Crippen LogP contribution in [0.2, 0.25) is 10.0 Å². The molecule has 70 valence electrons. The van der Waals surface area contributed by atoms with Crippen molar-refractivity contribution in [1.29, 1.82) is 0 Å². The van der Waals surface area contributed by atoms with Crippen molar-refractivity contribution in [2.45, 2.75) is 6.61 Å². The molecule has 0 aromatic heterocycles. The van der Waals surface area contributed by atoms with E-state index in [-0.39, 0.29) is 6.61 Å². The standard InChI is InChI=1S/C7H5Cl2NO3/c8-6-2-1-5(7(9)3-6)4-13-10(11)12/h1-3H,4H2. The minimum atomic E-state index is -0.870. The molecular formula is C7H5Cl2NO3. The van der Waals surface area contributed by atoms with E-state index in [1.165, 1.54) is 6.07 Å². The predicted molar refractivity (Wildman–Crippen MR) is 48.2 cm³/mol. The number of nitrogens with zero attached hydrogens (tertiary/aromatic N) is 1. The summed E-state index contributed by atoms with van der Waals surface area (Å²) in [6, 6.07) is 4.67. The average molecular weight is 222 g/mol. The molecule has 0 aliphatic carbocycles. The molecule has 0 aliphatic rings. The molecule has 6 heteroatoms. The van der Waals surface area contributed by atoms with E-state index < -0.39 is 5.09 Å². The van der Waals surface area contributed by atoms with Gasteiger partial charge in [-0.1, -0.05) is 29.3 Å². The molecule has 0 fully saturated rings. The van der Waals surface area contributed by atoms with E-state index in [0.717, 1.165) is 0 Å². The van der Waals surface area contributed by atoms with Crippen LogP contribution >= 0.6 is 23.2 Å². The lowest BCUT2D eigenvalue weighted by Crippen LogP contribution is -2.00. The molecule has 0 unspecified atom stereocenters. The zero-order valence-electron chi connectivity index (χ0n) is 6.37. The second kappa shape index (κ2) is 4.30. The second-order valence-electron chi connectivity index (χ2n) is 2.23. The molecule has 0 radical (unpaired) electrons. The summed E-state index contributed by atoms with van der Waals surface area (Å²) in [5, 5.41) is 9.83. The molecule has 0 atom stereocenters. The molecule has 1 aromatic rings. The highest BCUT2D eigenvalue weighted by Gasteiger charge is 2.03. The molecule has 0 heterocycles. The van der Waals surface area contributed by atoms with Crippen molar-refractivity contribution in [3.05, 3.63) is 43.9 Å². The maximum absolute atomic E-state index is 9.87. The number of rotatable bonds is 3. The van der Waals surface area contributed by atoms with E-state index in [4.69, 9.17) is 23.2 Å². The highest BCUT2D eigenvalue weighted by Crippen LogP contribution is 2.21. The van der Waals surface area contributed by atoms with Gasteiger partial charge in [-0.15, -0.1) is 10.1 Å². The number of benzene rings is 1. The van der Waals surface area contributed by atoms with Gasteiger partial charge in [0.1, 0.15) is 6.61 Å². The summed E-state index contributed by atoms with van der Waals surface area (Å²) in [7, 11) is 0. The summed E-state index contributed by atoms with van der Waals surface area (Å²) in [4.78, 5) is 14.0. The van der Waals surface area contributed by atoms with Crippen molar-refractivity contribution in [2.75, 3.05) is 0 Å². The fourth-order valence-electron chi connectivity index (χ4n) is 0.761. The fraction of sp³-hybridized carbons (Fsp3) is 0.143. The first-order chi connectivity index (χ1) is 6.09. The Bertz CT molecular complexity index is 330. The molecule has 0 amide bonds. The lowest BCUT2D eigenvalue weighted by molar-refractivity contribution is -0.763. The van der Waals surface area contributed by atoms with Crippen LogP contribution in [-0.2, 0) is 11.4 Å². The van der Waals surface area contributed by atoms with Crippen LogP contribution in [0.25, 0.3) is 0 Å². The minimum Gasteiger partial charge on any atom is -0.309 e. The zero-order chi connectivity index (χ0) is 9.84. The largest absolute Gasteiger partial charge is 0.309 e. The molecule has 0 saturated carbocycles. The third-order valence-electron chi connectivity index (χ3n) is 1.34. The van der Waals surface area contributed by atoms with Crippen LogP contribution in [0.1, 0.15) is 5.56 Å². The van der Waals surface area contributed by atoms with Gasteiger partial charge < -0.3 is 4.84 Å². The summed E-state index contributed by atoms with van der Waals surface area (Å²) in [5.74, 6) is 0. The molecule has 0 spiro atoms. The second-order valence-corrected chi connectivity index (χ2v) is 3.08. The summed E-state index contributed by atoms with van der Waals surface area (Å²) in [6.07, 6.45) is 0. The molecule has 4 nitrogen and oxygen atoms in total. The van der Waals surface area contributed by atoms with Gasteiger partial charge in [0.25, 0.3) is 5.09 Å². The maximum Gasteiger partial charge on any atom is 0.294 e. The van der Waals surface area contributed by atoms with Gasteiger partial charge in [-0.3, -0.25) is 0 Å². The lowest BCUT2D eigenvalue weighted by atomic mass is 10.2. The zero-order valence-corrected chi connectivity index (χ0v) is 7.88. The van der Waals surface area contributed by atoms with Gasteiger partial charge in [0.2, 0.25) is 0 Å². The van der Waals surface area contributed by atoms with Gasteiger partial charge in [-0.05, 0) is 17.7 Å². The Morgan fingerprint density at radius 1 is 1.46 bits per heavy atom. The SMILES string of the molecule is O=[N+]([O-])OCc1ccc(Cl)cc1Cl. The first kappa shape index (κ1) is 10.1. The van der Waals surface area contributed by atoms with E-state index in [0.29, 0.717) is 15.6 Å². The monoisotopic (exact) mass is 221 g/mol. The van der Waals surface area contributed by atoms with Crippen LogP contribution in [0.4, 0.5) is 0 Å². The Labute approximate surface area is 84.1 Å². The van der Waals surface area contributed by atoms with Crippen molar-refractivity contribution in [3.8, 4) is 0 Å². The highest BCUT2D eigenvalue weighted by molar-refractivity contribution is 6.35. The Hall–Kier alpha value is -1.000. The number of halogens is 2. The Kier molecular flexibility index (Phi) is 3.33. The summed E-state index contributed by atoms with van der Waals surface area (Å²) < 4.78 is 0. The fourth-order valence-corrected chi connectivity index (χ4v) is 1.22. The van der Waals surface area contributed by atoms with Crippen molar-refractivity contribution in [2.24, 2.45) is 0 Å². The first-order valence-corrected chi connectivity index (χ1v) is 4.06. The number of hydrogen-bond acceptors (Lipinski definition) is 3. The minimum absolute atomic E-state index is 0.164. The van der Waals surface area contributed by atoms with Gasteiger partial charge in [-0.25, -0.2) is 0 Å². The van der Waals surface area contributed by atoms with Gasteiger partial charge in [0, 0.05) is 10.0 Å². The van der Waals surface area contributed by atoms with E-state index in [1.807, 2.05) is 0 Å². The Balaban J connectivity index is 2.72. The normalized spacial score (nSPS) is 9.69. The molecule has 0 saturated heterocycles. The molecule has 0 N–H and O–H groups in total. The molecule has 0 aliphatic heterocycles. The first-order valence-electron chi connectivity index (χ1n) is 3.31. The molecule has 1 aromatic carbocycles.